The van der Waals surface area contributed by atoms with Gasteiger partial charge in [-0.25, -0.2) is 0 Å². The minimum Gasteiger partial charge on any atom is -0.355 e. The Bertz CT molecular complexity index is 319. The van der Waals surface area contributed by atoms with Crippen LogP contribution in [0.3, 0.4) is 0 Å². The predicted octanol–water partition coefficient (Wildman–Crippen LogP) is 2.34. The van der Waals surface area contributed by atoms with Crippen molar-refractivity contribution in [3.63, 3.8) is 0 Å². The van der Waals surface area contributed by atoms with Gasteiger partial charge < -0.3 is 5.32 Å². The van der Waals surface area contributed by atoms with Crippen LogP contribution in [-0.2, 0) is 5.41 Å². The van der Waals surface area contributed by atoms with E-state index in [1.54, 1.807) is 7.05 Å². The summed E-state index contributed by atoms with van der Waals surface area (Å²) in [6, 6.07) is 7.73. The van der Waals surface area contributed by atoms with Gasteiger partial charge in [0.25, 0.3) is 5.91 Å². The summed E-state index contributed by atoms with van der Waals surface area (Å²) >= 11 is 0. The van der Waals surface area contributed by atoms with Crippen LogP contribution in [-0.4, -0.2) is 13.0 Å². The van der Waals surface area contributed by atoms with Gasteiger partial charge >= 0.3 is 0 Å². The third-order valence-corrected chi connectivity index (χ3v) is 2.24. The summed E-state index contributed by atoms with van der Waals surface area (Å²) in [5.74, 6) is -0.0366. The molecule has 76 valence electrons. The van der Waals surface area contributed by atoms with Crippen molar-refractivity contribution in [3.8, 4) is 0 Å². The molecule has 0 fully saturated rings. The highest BCUT2D eigenvalue weighted by Gasteiger charge is 2.13. The summed E-state index contributed by atoms with van der Waals surface area (Å²) in [5, 5.41) is 2.60. The molecule has 0 atom stereocenters. The lowest BCUT2D eigenvalue weighted by Gasteiger charge is -2.18. The third-order valence-electron chi connectivity index (χ3n) is 2.24. The van der Waals surface area contributed by atoms with Crippen molar-refractivity contribution < 1.29 is 4.79 Å². The van der Waals surface area contributed by atoms with Crippen LogP contribution in [0, 0.1) is 0 Å². The van der Waals surface area contributed by atoms with Crippen LogP contribution >= 0.6 is 0 Å². The maximum absolute atomic E-state index is 11.3. The Kier molecular flexibility index (Phi) is 2.94. The van der Waals surface area contributed by atoms with Crippen LogP contribution in [0.4, 0.5) is 0 Å². The van der Waals surface area contributed by atoms with Gasteiger partial charge in [0, 0.05) is 12.6 Å². The molecular formula is C12H17NO. The topological polar surface area (TPSA) is 29.1 Å². The SMILES string of the molecule is CNC(=O)c1ccc(C(C)(C)C)cc1. The highest BCUT2D eigenvalue weighted by molar-refractivity contribution is 5.93. The Labute approximate surface area is 85.3 Å². The van der Waals surface area contributed by atoms with Gasteiger partial charge in [0.1, 0.15) is 0 Å². The summed E-state index contributed by atoms with van der Waals surface area (Å²) < 4.78 is 0. The second kappa shape index (κ2) is 3.82. The molecule has 1 aromatic rings. The molecule has 0 saturated carbocycles. The fourth-order valence-electron chi connectivity index (χ4n) is 1.27. The lowest BCUT2D eigenvalue weighted by molar-refractivity contribution is 0.0963. The third kappa shape index (κ3) is 2.34. The van der Waals surface area contributed by atoms with Gasteiger partial charge in [0.05, 0.1) is 0 Å². The van der Waals surface area contributed by atoms with Crippen LogP contribution in [0.2, 0.25) is 0 Å². The van der Waals surface area contributed by atoms with Crippen molar-refractivity contribution in [2.24, 2.45) is 0 Å². The zero-order valence-electron chi connectivity index (χ0n) is 9.22. The minimum absolute atomic E-state index is 0.0366. The highest BCUT2D eigenvalue weighted by Crippen LogP contribution is 2.21. The van der Waals surface area contributed by atoms with E-state index in [2.05, 4.69) is 26.1 Å². The molecule has 0 aliphatic carbocycles. The Hall–Kier alpha value is -1.31. The van der Waals surface area contributed by atoms with E-state index in [4.69, 9.17) is 0 Å². The molecule has 0 radical (unpaired) electrons. The number of rotatable bonds is 1. The molecule has 0 spiro atoms. The molecule has 0 aromatic heterocycles. The monoisotopic (exact) mass is 191 g/mol. The number of nitrogens with one attached hydrogen (secondary N) is 1. The molecule has 2 nitrogen and oxygen atoms in total. The number of carbonyl (C=O) groups is 1. The first-order valence-electron chi connectivity index (χ1n) is 4.78. The quantitative estimate of drug-likeness (QED) is 0.725. The normalized spacial score (nSPS) is 11.1. The summed E-state index contributed by atoms with van der Waals surface area (Å²) in [6.45, 7) is 6.46. The standard InChI is InChI=1S/C12H17NO/c1-12(2,3)10-7-5-9(6-8-10)11(14)13-4/h5-8H,1-4H3,(H,13,14). The molecule has 0 aliphatic heterocycles. The number of hydrogen-bond donors (Lipinski definition) is 1. The first-order chi connectivity index (χ1) is 6.45. The van der Waals surface area contributed by atoms with E-state index in [1.807, 2.05) is 24.3 Å². The molecule has 14 heavy (non-hydrogen) atoms. The van der Waals surface area contributed by atoms with E-state index in [0.717, 1.165) is 0 Å². The summed E-state index contributed by atoms with van der Waals surface area (Å²) in [6.07, 6.45) is 0. The summed E-state index contributed by atoms with van der Waals surface area (Å²) in [7, 11) is 1.64. The largest absolute Gasteiger partial charge is 0.355 e. The molecule has 1 aromatic carbocycles. The zero-order chi connectivity index (χ0) is 10.8. The molecule has 0 unspecified atom stereocenters. The van der Waals surface area contributed by atoms with E-state index >= 15 is 0 Å². The van der Waals surface area contributed by atoms with Crippen molar-refractivity contribution in [2.45, 2.75) is 26.2 Å². The van der Waals surface area contributed by atoms with Gasteiger partial charge in [0.15, 0.2) is 0 Å². The molecule has 0 aliphatic rings. The van der Waals surface area contributed by atoms with E-state index < -0.39 is 0 Å². The fraction of sp³-hybridized carbons (Fsp3) is 0.417. The minimum atomic E-state index is -0.0366. The second-order valence-electron chi connectivity index (χ2n) is 4.41. The molecule has 0 bridgehead atoms. The van der Waals surface area contributed by atoms with E-state index in [9.17, 15) is 4.79 Å². The lowest BCUT2D eigenvalue weighted by atomic mass is 9.87. The van der Waals surface area contributed by atoms with Gasteiger partial charge in [-0.05, 0) is 23.1 Å². The van der Waals surface area contributed by atoms with Gasteiger partial charge in [0.2, 0.25) is 0 Å². The predicted molar refractivity (Wildman–Crippen MR) is 58.5 cm³/mol. The Morgan fingerprint density at radius 2 is 1.64 bits per heavy atom. The molecular weight excluding hydrogens is 174 g/mol. The van der Waals surface area contributed by atoms with Crippen molar-refractivity contribution in [1.82, 2.24) is 5.32 Å². The maximum atomic E-state index is 11.3. The zero-order valence-corrected chi connectivity index (χ0v) is 9.22. The average molecular weight is 191 g/mol. The van der Waals surface area contributed by atoms with Gasteiger partial charge in [-0.2, -0.15) is 0 Å². The van der Waals surface area contributed by atoms with Gasteiger partial charge in [-0.1, -0.05) is 32.9 Å². The fourth-order valence-corrected chi connectivity index (χ4v) is 1.27. The van der Waals surface area contributed by atoms with Crippen molar-refractivity contribution >= 4 is 5.91 Å². The molecule has 1 amide bonds. The van der Waals surface area contributed by atoms with E-state index in [-0.39, 0.29) is 11.3 Å². The number of benzene rings is 1. The van der Waals surface area contributed by atoms with Crippen molar-refractivity contribution in [3.05, 3.63) is 35.4 Å². The van der Waals surface area contributed by atoms with Crippen LogP contribution in [0.5, 0.6) is 0 Å². The molecule has 1 rings (SSSR count). The Morgan fingerprint density at radius 1 is 1.14 bits per heavy atom. The molecule has 0 saturated heterocycles. The summed E-state index contributed by atoms with van der Waals surface area (Å²) in [4.78, 5) is 11.3. The highest BCUT2D eigenvalue weighted by atomic mass is 16.1. The molecule has 0 heterocycles. The second-order valence-corrected chi connectivity index (χ2v) is 4.41. The Balaban J connectivity index is 2.95. The summed E-state index contributed by atoms with van der Waals surface area (Å²) in [5.41, 5.74) is 2.09. The molecule has 1 N–H and O–H groups in total. The van der Waals surface area contributed by atoms with Gasteiger partial charge in [-0.3, -0.25) is 4.79 Å². The van der Waals surface area contributed by atoms with Crippen molar-refractivity contribution in [2.75, 3.05) is 7.05 Å². The van der Waals surface area contributed by atoms with Crippen LogP contribution in [0.1, 0.15) is 36.7 Å². The van der Waals surface area contributed by atoms with E-state index in [1.165, 1.54) is 5.56 Å². The smallest absolute Gasteiger partial charge is 0.251 e. The van der Waals surface area contributed by atoms with Crippen LogP contribution in [0.25, 0.3) is 0 Å². The van der Waals surface area contributed by atoms with Crippen LogP contribution in [0.15, 0.2) is 24.3 Å². The maximum Gasteiger partial charge on any atom is 0.251 e. The van der Waals surface area contributed by atoms with Gasteiger partial charge in [-0.15, -0.1) is 0 Å². The average Bonchev–Trinajstić information content (AvgIpc) is 2.15. The van der Waals surface area contributed by atoms with Crippen LogP contribution < -0.4 is 5.32 Å². The first kappa shape index (κ1) is 10.8. The Morgan fingerprint density at radius 3 is 2.00 bits per heavy atom. The number of amides is 1. The number of hydrogen-bond acceptors (Lipinski definition) is 1. The van der Waals surface area contributed by atoms with Crippen molar-refractivity contribution in [1.29, 1.82) is 0 Å². The molecule has 2 heteroatoms. The van der Waals surface area contributed by atoms with E-state index in [0.29, 0.717) is 5.56 Å². The number of carbonyl (C=O) groups excluding carboxylic acids is 1. The first-order valence-corrected chi connectivity index (χ1v) is 4.78. The lowest BCUT2D eigenvalue weighted by Crippen LogP contribution is -2.18.